The molecule has 0 rings (SSSR count). The van der Waals surface area contributed by atoms with Gasteiger partial charge in [0.25, 0.3) is 0 Å². The van der Waals surface area contributed by atoms with Crippen LogP contribution in [0.3, 0.4) is 0 Å². The highest BCUT2D eigenvalue weighted by atomic mass is 16.6. The summed E-state index contributed by atoms with van der Waals surface area (Å²) in [5.74, 6) is -0.245. The third-order valence-corrected chi connectivity index (χ3v) is 12.2. The Hall–Kier alpha value is -1.87. The van der Waals surface area contributed by atoms with Crippen molar-refractivity contribution < 1.29 is 29.3 Å². The highest BCUT2D eigenvalue weighted by Gasteiger charge is 2.17. The monoisotopic (exact) mass is 852 g/mol. The molecule has 0 aromatic carbocycles. The van der Waals surface area contributed by atoms with E-state index in [-0.39, 0.29) is 44.0 Å². The van der Waals surface area contributed by atoms with Crippen LogP contribution in [0, 0.1) is 5.92 Å². The van der Waals surface area contributed by atoms with Gasteiger partial charge in [-0.1, -0.05) is 226 Å². The predicted molar refractivity (Wildman–Crippen MR) is 253 cm³/mol. The van der Waals surface area contributed by atoms with Gasteiger partial charge in [-0.05, 0) is 25.7 Å². The van der Waals surface area contributed by atoms with Crippen molar-refractivity contribution in [2.24, 2.45) is 5.92 Å². The number of hydrogen-bond acceptors (Lipinski definition) is 6. The SMILES string of the molecule is CCCCCCCCCCCCCCCCCCCC(=O)NCC(CNC(=O)CCCCCCCCCCCCCCCCCCC)OC(=O)NCCCCC(CO)CO. The van der Waals surface area contributed by atoms with Gasteiger partial charge >= 0.3 is 6.09 Å². The van der Waals surface area contributed by atoms with Crippen LogP contribution in [0.1, 0.15) is 264 Å². The van der Waals surface area contributed by atoms with Crippen LogP contribution in [0.5, 0.6) is 0 Å². The van der Waals surface area contributed by atoms with Gasteiger partial charge in [-0.3, -0.25) is 9.59 Å². The maximum atomic E-state index is 12.7. The lowest BCUT2D eigenvalue weighted by atomic mass is 10.0. The molecule has 0 aromatic heterocycles. The zero-order valence-corrected chi connectivity index (χ0v) is 39.8. The molecular formula is C51H101N3O6. The first-order chi connectivity index (χ1) is 29.5. The van der Waals surface area contributed by atoms with E-state index in [0.29, 0.717) is 32.2 Å². The third kappa shape index (κ3) is 44.2. The van der Waals surface area contributed by atoms with E-state index >= 15 is 0 Å². The Morgan fingerprint density at radius 1 is 0.400 bits per heavy atom. The number of unbranched alkanes of at least 4 members (excludes halogenated alkanes) is 33. The summed E-state index contributed by atoms with van der Waals surface area (Å²) >= 11 is 0. The van der Waals surface area contributed by atoms with Gasteiger partial charge in [0.2, 0.25) is 11.8 Å². The fraction of sp³-hybridized carbons (Fsp3) is 0.941. The topological polar surface area (TPSA) is 137 Å². The van der Waals surface area contributed by atoms with Crippen molar-refractivity contribution in [3.8, 4) is 0 Å². The molecule has 356 valence electrons. The Morgan fingerprint density at radius 3 is 1.00 bits per heavy atom. The van der Waals surface area contributed by atoms with Crippen molar-refractivity contribution in [2.75, 3.05) is 32.8 Å². The van der Waals surface area contributed by atoms with Crippen LogP contribution in [0.2, 0.25) is 0 Å². The molecule has 0 saturated carbocycles. The number of aliphatic hydroxyl groups is 2. The van der Waals surface area contributed by atoms with E-state index in [1.807, 2.05) is 0 Å². The molecule has 0 bridgehead atoms. The fourth-order valence-corrected chi connectivity index (χ4v) is 7.99. The van der Waals surface area contributed by atoms with Crippen LogP contribution >= 0.6 is 0 Å². The number of carbonyl (C=O) groups is 3. The number of aliphatic hydroxyl groups excluding tert-OH is 2. The Morgan fingerprint density at radius 2 is 0.700 bits per heavy atom. The molecule has 3 amide bonds. The van der Waals surface area contributed by atoms with E-state index in [1.165, 1.54) is 180 Å². The normalized spacial score (nSPS) is 11.4. The summed E-state index contributed by atoms with van der Waals surface area (Å²) in [7, 11) is 0. The molecule has 0 spiro atoms. The lowest BCUT2D eigenvalue weighted by Crippen LogP contribution is -2.44. The highest BCUT2D eigenvalue weighted by molar-refractivity contribution is 5.76. The molecule has 0 fully saturated rings. The molecule has 0 aliphatic rings. The van der Waals surface area contributed by atoms with E-state index < -0.39 is 12.2 Å². The van der Waals surface area contributed by atoms with Crippen LogP contribution in [-0.4, -0.2) is 67.1 Å². The van der Waals surface area contributed by atoms with Crippen molar-refractivity contribution >= 4 is 17.9 Å². The van der Waals surface area contributed by atoms with Crippen molar-refractivity contribution in [1.82, 2.24) is 16.0 Å². The Kier molecular flexibility index (Phi) is 46.7. The van der Waals surface area contributed by atoms with E-state index in [0.717, 1.165) is 44.9 Å². The first-order valence-electron chi connectivity index (χ1n) is 26.2. The van der Waals surface area contributed by atoms with Gasteiger partial charge in [0.15, 0.2) is 0 Å². The molecule has 0 aliphatic heterocycles. The number of amides is 3. The summed E-state index contributed by atoms with van der Waals surface area (Å²) in [6.45, 7) is 5.16. The van der Waals surface area contributed by atoms with Crippen LogP contribution in [-0.2, 0) is 14.3 Å². The van der Waals surface area contributed by atoms with Crippen molar-refractivity contribution in [1.29, 1.82) is 0 Å². The zero-order valence-electron chi connectivity index (χ0n) is 39.8. The minimum Gasteiger partial charge on any atom is -0.442 e. The zero-order chi connectivity index (χ0) is 43.8. The van der Waals surface area contributed by atoms with E-state index in [4.69, 9.17) is 4.74 Å². The average Bonchev–Trinajstić information content (AvgIpc) is 3.25. The van der Waals surface area contributed by atoms with Crippen LogP contribution in [0.25, 0.3) is 0 Å². The number of nitrogens with one attached hydrogen (secondary N) is 3. The quantitative estimate of drug-likeness (QED) is 0.0387. The van der Waals surface area contributed by atoms with Gasteiger partial charge in [0.05, 0.1) is 13.1 Å². The fourth-order valence-electron chi connectivity index (χ4n) is 7.99. The molecule has 9 heteroatoms. The summed E-state index contributed by atoms with van der Waals surface area (Å²) in [5, 5.41) is 27.1. The van der Waals surface area contributed by atoms with Gasteiger partial charge in [-0.2, -0.15) is 0 Å². The van der Waals surface area contributed by atoms with Gasteiger partial charge in [0.1, 0.15) is 6.10 Å². The smallest absolute Gasteiger partial charge is 0.407 e. The first kappa shape index (κ1) is 58.1. The first-order valence-corrected chi connectivity index (χ1v) is 26.2. The van der Waals surface area contributed by atoms with E-state index in [1.54, 1.807) is 0 Å². The molecule has 9 nitrogen and oxygen atoms in total. The maximum Gasteiger partial charge on any atom is 0.407 e. The molecule has 0 saturated heterocycles. The minimum atomic E-state index is -0.669. The summed E-state index contributed by atoms with van der Waals surface area (Å²) < 4.78 is 5.64. The molecule has 5 N–H and O–H groups in total. The molecule has 0 unspecified atom stereocenters. The number of carbonyl (C=O) groups excluding carboxylic acids is 3. The molecule has 0 radical (unpaired) electrons. The summed E-state index contributed by atoms with van der Waals surface area (Å²) in [6, 6.07) is 0. The number of alkyl carbamates (subject to hydrolysis) is 1. The van der Waals surface area contributed by atoms with Gasteiger partial charge in [-0.15, -0.1) is 0 Å². The van der Waals surface area contributed by atoms with Gasteiger partial charge in [-0.25, -0.2) is 4.79 Å². The molecule has 0 aromatic rings. The van der Waals surface area contributed by atoms with E-state index in [9.17, 15) is 24.6 Å². The second-order valence-corrected chi connectivity index (χ2v) is 18.1. The summed E-state index contributed by atoms with van der Waals surface area (Å²) in [6.07, 6.45) is 46.0. The van der Waals surface area contributed by atoms with Gasteiger partial charge < -0.3 is 30.9 Å². The number of ether oxygens (including phenoxy) is 1. The lowest BCUT2D eigenvalue weighted by molar-refractivity contribution is -0.121. The van der Waals surface area contributed by atoms with Crippen molar-refractivity contribution in [2.45, 2.75) is 270 Å². The predicted octanol–water partition coefficient (Wildman–Crippen LogP) is 13.2. The molecule has 60 heavy (non-hydrogen) atoms. The molecule has 0 heterocycles. The minimum absolute atomic E-state index is 0.0515. The summed E-state index contributed by atoms with van der Waals surface area (Å²) in [5.41, 5.74) is 0. The van der Waals surface area contributed by atoms with Crippen LogP contribution in [0.15, 0.2) is 0 Å². The van der Waals surface area contributed by atoms with Crippen molar-refractivity contribution in [3.05, 3.63) is 0 Å². The second kappa shape index (κ2) is 48.2. The molecule has 0 aliphatic carbocycles. The standard InChI is InChI=1S/C51H101N3O6/c1-3-5-7-9-11-13-15-17-19-21-23-25-27-29-31-33-35-40-49(57)53-43-48(60-51(59)52-42-38-37-39-47(45-55)46-56)44-54-50(58)41-36-34-32-30-28-26-24-22-20-18-16-14-12-10-8-6-4-2/h47-48,55-56H,3-46H2,1-2H3,(H,52,59)(H,53,57)(H,54,58). The third-order valence-electron chi connectivity index (χ3n) is 12.2. The number of hydrogen-bond donors (Lipinski definition) is 5. The van der Waals surface area contributed by atoms with Crippen molar-refractivity contribution in [3.63, 3.8) is 0 Å². The van der Waals surface area contributed by atoms with E-state index in [2.05, 4.69) is 29.8 Å². The Labute approximate surface area is 371 Å². The summed E-state index contributed by atoms with van der Waals surface area (Å²) in [4.78, 5) is 38.0. The van der Waals surface area contributed by atoms with Gasteiger partial charge in [0, 0.05) is 38.5 Å². The Bertz CT molecular complexity index is 863. The second-order valence-electron chi connectivity index (χ2n) is 18.1. The average molecular weight is 852 g/mol. The van der Waals surface area contributed by atoms with Crippen LogP contribution in [0.4, 0.5) is 4.79 Å². The Balaban J connectivity index is 4.20. The molecule has 0 atom stereocenters. The van der Waals surface area contributed by atoms with Crippen LogP contribution < -0.4 is 16.0 Å². The number of rotatable bonds is 48. The lowest BCUT2D eigenvalue weighted by Gasteiger charge is -2.20. The molecular weight excluding hydrogens is 751 g/mol. The maximum absolute atomic E-state index is 12.7. The highest BCUT2D eigenvalue weighted by Crippen LogP contribution is 2.16. The largest absolute Gasteiger partial charge is 0.442 e.